The van der Waals surface area contributed by atoms with Gasteiger partial charge in [0.2, 0.25) is 0 Å². The number of hydrogen-bond donors (Lipinski definition) is 0. The molecule has 0 fully saturated rings. The molecule has 2 heteroatoms. The summed E-state index contributed by atoms with van der Waals surface area (Å²) in [5.41, 5.74) is 0. The summed E-state index contributed by atoms with van der Waals surface area (Å²) < 4.78 is 0. The molecule has 0 atom stereocenters. The van der Waals surface area contributed by atoms with Crippen molar-refractivity contribution in [3.63, 3.8) is 0 Å². The van der Waals surface area contributed by atoms with E-state index in [0.717, 1.165) is 13.1 Å². The van der Waals surface area contributed by atoms with E-state index >= 15 is 0 Å². The van der Waals surface area contributed by atoms with E-state index in [0.29, 0.717) is 0 Å². The molecule has 2 nitrogen and oxygen atoms in total. The smallest absolute Gasteiger partial charge is 0.0851 e. The zero-order chi connectivity index (χ0) is 8.65. The number of nitrogens with zero attached hydrogens (tertiary/aromatic N) is 2. The Morgan fingerprint density at radius 3 is 2.75 bits per heavy atom. The van der Waals surface area contributed by atoms with E-state index in [1.165, 1.54) is 38.6 Å². The Labute approximate surface area is 75.7 Å². The second-order valence-corrected chi connectivity index (χ2v) is 3.47. The summed E-state index contributed by atoms with van der Waals surface area (Å²) in [7, 11) is 0. The molecule has 0 aromatic heterocycles. The van der Waals surface area contributed by atoms with Crippen molar-refractivity contribution in [2.45, 2.75) is 39.0 Å². The lowest BCUT2D eigenvalue weighted by Crippen LogP contribution is -2.20. The SMILES string of the molecule is CCCCCCCN1C=NCC1. The van der Waals surface area contributed by atoms with Gasteiger partial charge < -0.3 is 4.90 Å². The standard InChI is InChI=1S/C10H20N2/c1-2-3-4-5-6-8-12-9-7-11-10-12/h10H,2-9H2,1H3. The molecule has 0 radical (unpaired) electrons. The number of hydrogen-bond acceptors (Lipinski definition) is 2. The van der Waals surface area contributed by atoms with Gasteiger partial charge in [-0.15, -0.1) is 0 Å². The summed E-state index contributed by atoms with van der Waals surface area (Å²) in [6.45, 7) is 5.63. The molecule has 0 aromatic rings. The van der Waals surface area contributed by atoms with E-state index in [1.807, 2.05) is 6.34 Å². The Kier molecular flexibility index (Phi) is 4.81. The van der Waals surface area contributed by atoms with Gasteiger partial charge in [0.05, 0.1) is 12.9 Å². The zero-order valence-electron chi connectivity index (χ0n) is 8.13. The van der Waals surface area contributed by atoms with Crippen molar-refractivity contribution < 1.29 is 0 Å². The van der Waals surface area contributed by atoms with Crippen molar-refractivity contribution in [1.29, 1.82) is 0 Å². The lowest BCUT2D eigenvalue weighted by Gasteiger charge is -2.12. The van der Waals surface area contributed by atoms with E-state index in [1.54, 1.807) is 0 Å². The van der Waals surface area contributed by atoms with Crippen LogP contribution in [0.25, 0.3) is 0 Å². The quantitative estimate of drug-likeness (QED) is 0.556. The second-order valence-electron chi connectivity index (χ2n) is 3.47. The molecule has 12 heavy (non-hydrogen) atoms. The topological polar surface area (TPSA) is 15.6 Å². The molecule has 0 saturated heterocycles. The maximum absolute atomic E-state index is 4.18. The van der Waals surface area contributed by atoms with Crippen molar-refractivity contribution in [3.8, 4) is 0 Å². The van der Waals surface area contributed by atoms with Gasteiger partial charge in [-0.1, -0.05) is 32.6 Å². The average Bonchev–Trinajstić information content (AvgIpc) is 2.57. The molecule has 0 bridgehead atoms. The highest BCUT2D eigenvalue weighted by Crippen LogP contribution is 2.04. The first-order valence-corrected chi connectivity index (χ1v) is 5.17. The van der Waals surface area contributed by atoms with Crippen LogP contribution >= 0.6 is 0 Å². The van der Waals surface area contributed by atoms with E-state index < -0.39 is 0 Å². The minimum Gasteiger partial charge on any atom is -0.361 e. The zero-order valence-corrected chi connectivity index (χ0v) is 8.13. The van der Waals surface area contributed by atoms with Crippen LogP contribution in [-0.4, -0.2) is 30.9 Å². The Morgan fingerprint density at radius 2 is 2.08 bits per heavy atom. The summed E-state index contributed by atoms with van der Waals surface area (Å²) in [6, 6.07) is 0. The van der Waals surface area contributed by atoms with Crippen LogP contribution in [0.5, 0.6) is 0 Å². The van der Waals surface area contributed by atoms with E-state index in [-0.39, 0.29) is 0 Å². The van der Waals surface area contributed by atoms with Gasteiger partial charge in [-0.05, 0) is 6.42 Å². The van der Waals surface area contributed by atoms with Crippen LogP contribution in [0.1, 0.15) is 39.0 Å². The second kappa shape index (κ2) is 6.04. The molecule has 1 aliphatic rings. The van der Waals surface area contributed by atoms with Crippen LogP contribution in [0.4, 0.5) is 0 Å². The Hall–Kier alpha value is -0.530. The summed E-state index contributed by atoms with van der Waals surface area (Å²) >= 11 is 0. The molecule has 0 aromatic carbocycles. The van der Waals surface area contributed by atoms with Crippen LogP contribution in [0.2, 0.25) is 0 Å². The molecular weight excluding hydrogens is 148 g/mol. The predicted octanol–water partition coefficient (Wildman–Crippen LogP) is 2.30. The average molecular weight is 168 g/mol. The molecule has 1 aliphatic heterocycles. The van der Waals surface area contributed by atoms with Gasteiger partial charge in [0, 0.05) is 13.1 Å². The first-order valence-electron chi connectivity index (χ1n) is 5.17. The molecule has 0 amide bonds. The monoisotopic (exact) mass is 168 g/mol. The molecule has 0 aliphatic carbocycles. The number of aliphatic imine (C=N–C) groups is 1. The van der Waals surface area contributed by atoms with E-state index in [4.69, 9.17) is 0 Å². The predicted molar refractivity (Wildman–Crippen MR) is 53.7 cm³/mol. The third-order valence-electron chi connectivity index (χ3n) is 2.31. The van der Waals surface area contributed by atoms with Gasteiger partial charge in [-0.3, -0.25) is 4.99 Å². The molecule has 1 heterocycles. The fourth-order valence-corrected chi connectivity index (χ4v) is 1.51. The van der Waals surface area contributed by atoms with Crippen LogP contribution in [0.3, 0.4) is 0 Å². The molecule has 0 spiro atoms. The molecule has 0 saturated carbocycles. The Morgan fingerprint density at radius 1 is 1.25 bits per heavy atom. The maximum Gasteiger partial charge on any atom is 0.0851 e. The van der Waals surface area contributed by atoms with Crippen molar-refractivity contribution in [1.82, 2.24) is 4.90 Å². The largest absolute Gasteiger partial charge is 0.361 e. The van der Waals surface area contributed by atoms with Crippen LogP contribution in [0, 0.1) is 0 Å². The van der Waals surface area contributed by atoms with E-state index in [9.17, 15) is 0 Å². The third kappa shape index (κ3) is 3.74. The van der Waals surface area contributed by atoms with Crippen LogP contribution in [-0.2, 0) is 0 Å². The molecule has 1 rings (SSSR count). The van der Waals surface area contributed by atoms with Gasteiger partial charge in [0.25, 0.3) is 0 Å². The normalized spacial score (nSPS) is 15.9. The lowest BCUT2D eigenvalue weighted by molar-refractivity contribution is 0.440. The van der Waals surface area contributed by atoms with E-state index in [2.05, 4.69) is 16.8 Å². The fraction of sp³-hybridized carbons (Fsp3) is 0.900. The highest BCUT2D eigenvalue weighted by Gasteiger charge is 2.03. The van der Waals surface area contributed by atoms with Crippen molar-refractivity contribution >= 4 is 6.34 Å². The highest BCUT2D eigenvalue weighted by atomic mass is 15.2. The van der Waals surface area contributed by atoms with Crippen LogP contribution < -0.4 is 0 Å². The molecule has 0 N–H and O–H groups in total. The minimum absolute atomic E-state index is 1.01. The van der Waals surface area contributed by atoms with Crippen LogP contribution in [0.15, 0.2) is 4.99 Å². The number of rotatable bonds is 6. The van der Waals surface area contributed by atoms with Crippen molar-refractivity contribution in [3.05, 3.63) is 0 Å². The van der Waals surface area contributed by atoms with Crippen molar-refractivity contribution in [2.75, 3.05) is 19.6 Å². The summed E-state index contributed by atoms with van der Waals surface area (Å²) in [5.74, 6) is 0. The van der Waals surface area contributed by atoms with Gasteiger partial charge in [-0.25, -0.2) is 0 Å². The first-order chi connectivity index (χ1) is 5.93. The summed E-state index contributed by atoms with van der Waals surface area (Å²) in [4.78, 5) is 6.51. The lowest BCUT2D eigenvalue weighted by atomic mass is 10.1. The Bertz CT molecular complexity index is 132. The molecular formula is C10H20N2. The van der Waals surface area contributed by atoms with Gasteiger partial charge in [0.15, 0.2) is 0 Å². The number of unbranched alkanes of at least 4 members (excludes halogenated alkanes) is 4. The molecule has 0 unspecified atom stereocenters. The van der Waals surface area contributed by atoms with Gasteiger partial charge >= 0.3 is 0 Å². The fourth-order valence-electron chi connectivity index (χ4n) is 1.51. The summed E-state index contributed by atoms with van der Waals surface area (Å²) in [6.07, 6.45) is 8.87. The Balaban J connectivity index is 1.85. The molecule has 70 valence electrons. The summed E-state index contributed by atoms with van der Waals surface area (Å²) in [5, 5.41) is 0. The van der Waals surface area contributed by atoms with Gasteiger partial charge in [-0.2, -0.15) is 0 Å². The first kappa shape index (κ1) is 9.56. The van der Waals surface area contributed by atoms with Gasteiger partial charge in [0.1, 0.15) is 0 Å². The van der Waals surface area contributed by atoms with Crippen molar-refractivity contribution in [2.24, 2.45) is 4.99 Å². The highest BCUT2D eigenvalue weighted by molar-refractivity contribution is 5.56. The maximum atomic E-state index is 4.18. The minimum atomic E-state index is 1.01. The third-order valence-corrected chi connectivity index (χ3v) is 2.31.